The van der Waals surface area contributed by atoms with Crippen LogP contribution < -0.4 is 5.32 Å². The molecule has 0 bridgehead atoms. The predicted molar refractivity (Wildman–Crippen MR) is 79.3 cm³/mol. The zero-order chi connectivity index (χ0) is 16.1. The molecule has 7 nitrogen and oxygen atoms in total. The first-order valence-corrected chi connectivity index (χ1v) is 7.40. The number of hydrogen-bond donors (Lipinski definition) is 1. The van der Waals surface area contributed by atoms with Gasteiger partial charge in [0, 0.05) is 31.7 Å². The Labute approximate surface area is 132 Å². The van der Waals surface area contributed by atoms with E-state index in [1.165, 1.54) is 24.3 Å². The number of ether oxygens (including phenoxy) is 1. The second-order valence-corrected chi connectivity index (χ2v) is 5.13. The molecule has 122 valence electrons. The highest BCUT2D eigenvalue weighted by molar-refractivity contribution is 5.89. The first-order chi connectivity index (χ1) is 11.2. The quantitative estimate of drug-likeness (QED) is 0.883. The van der Waals surface area contributed by atoms with E-state index in [9.17, 15) is 9.18 Å². The summed E-state index contributed by atoms with van der Waals surface area (Å²) in [4.78, 5) is 14.2. The number of hydrogen-bond acceptors (Lipinski definition) is 6. The fraction of sp³-hybridized carbons (Fsp3) is 0.400. The van der Waals surface area contributed by atoms with E-state index < -0.39 is 5.91 Å². The summed E-state index contributed by atoms with van der Waals surface area (Å²) >= 11 is 0. The SMILES string of the molecule is O=C(NCCN1CCOCC1)c1nnc(-c2ccc(F)cc2)o1. The van der Waals surface area contributed by atoms with Gasteiger partial charge in [-0.3, -0.25) is 9.69 Å². The Bertz CT molecular complexity index is 653. The number of carbonyl (C=O) groups excluding carboxylic acids is 1. The van der Waals surface area contributed by atoms with Crippen LogP contribution in [0.2, 0.25) is 0 Å². The number of nitrogens with one attached hydrogen (secondary N) is 1. The van der Waals surface area contributed by atoms with Crippen LogP contribution in [0.4, 0.5) is 4.39 Å². The summed E-state index contributed by atoms with van der Waals surface area (Å²) in [6.45, 7) is 4.41. The summed E-state index contributed by atoms with van der Waals surface area (Å²) in [5, 5.41) is 10.3. The van der Waals surface area contributed by atoms with Crippen molar-refractivity contribution in [1.82, 2.24) is 20.4 Å². The summed E-state index contributed by atoms with van der Waals surface area (Å²) in [6.07, 6.45) is 0. The van der Waals surface area contributed by atoms with Gasteiger partial charge in [0.2, 0.25) is 5.89 Å². The monoisotopic (exact) mass is 320 g/mol. The summed E-state index contributed by atoms with van der Waals surface area (Å²) in [6, 6.07) is 5.62. The summed E-state index contributed by atoms with van der Waals surface area (Å²) in [5.41, 5.74) is 0.561. The minimum atomic E-state index is -0.417. The van der Waals surface area contributed by atoms with E-state index in [1.807, 2.05) is 0 Å². The number of nitrogens with zero attached hydrogens (tertiary/aromatic N) is 3. The normalized spacial score (nSPS) is 15.5. The predicted octanol–water partition coefficient (Wildman–Crippen LogP) is 0.938. The molecule has 0 atom stereocenters. The minimum absolute atomic E-state index is 0.105. The minimum Gasteiger partial charge on any atom is -0.412 e. The van der Waals surface area contributed by atoms with Gasteiger partial charge in [-0.25, -0.2) is 4.39 Å². The van der Waals surface area contributed by atoms with E-state index in [0.29, 0.717) is 12.1 Å². The molecule has 1 fully saturated rings. The van der Waals surface area contributed by atoms with Gasteiger partial charge in [0.05, 0.1) is 13.2 Å². The van der Waals surface area contributed by atoms with Crippen LogP contribution in [0, 0.1) is 5.82 Å². The van der Waals surface area contributed by atoms with E-state index in [0.717, 1.165) is 32.8 Å². The maximum absolute atomic E-state index is 12.9. The van der Waals surface area contributed by atoms with Crippen molar-refractivity contribution in [3.05, 3.63) is 36.0 Å². The molecule has 23 heavy (non-hydrogen) atoms. The smallest absolute Gasteiger partial charge is 0.308 e. The molecule has 3 rings (SSSR count). The highest BCUT2D eigenvalue weighted by atomic mass is 19.1. The Kier molecular flexibility index (Phi) is 4.94. The summed E-state index contributed by atoms with van der Waals surface area (Å²) in [5.74, 6) is -0.692. The van der Waals surface area contributed by atoms with Crippen molar-refractivity contribution in [2.45, 2.75) is 0 Å². The van der Waals surface area contributed by atoms with Crippen molar-refractivity contribution in [3.63, 3.8) is 0 Å². The van der Waals surface area contributed by atoms with Gasteiger partial charge in [-0.1, -0.05) is 0 Å². The third kappa shape index (κ3) is 4.11. The third-order valence-electron chi connectivity index (χ3n) is 3.53. The average Bonchev–Trinajstić information content (AvgIpc) is 3.06. The molecule has 1 N–H and O–H groups in total. The Balaban J connectivity index is 1.52. The van der Waals surface area contributed by atoms with Crippen molar-refractivity contribution in [1.29, 1.82) is 0 Å². The maximum Gasteiger partial charge on any atom is 0.308 e. The molecule has 0 spiro atoms. The second-order valence-electron chi connectivity index (χ2n) is 5.13. The fourth-order valence-electron chi connectivity index (χ4n) is 2.25. The van der Waals surface area contributed by atoms with Gasteiger partial charge >= 0.3 is 11.8 Å². The zero-order valence-electron chi connectivity index (χ0n) is 12.5. The molecular formula is C15H17FN4O3. The Morgan fingerprint density at radius 3 is 2.70 bits per heavy atom. The van der Waals surface area contributed by atoms with Gasteiger partial charge in [0.15, 0.2) is 0 Å². The van der Waals surface area contributed by atoms with Gasteiger partial charge in [-0.2, -0.15) is 0 Å². The van der Waals surface area contributed by atoms with Crippen molar-refractivity contribution in [2.24, 2.45) is 0 Å². The maximum atomic E-state index is 12.9. The largest absolute Gasteiger partial charge is 0.412 e. The molecule has 1 saturated heterocycles. The molecule has 1 aliphatic rings. The molecule has 1 aliphatic heterocycles. The molecule has 1 amide bonds. The zero-order valence-corrected chi connectivity index (χ0v) is 12.5. The first kappa shape index (κ1) is 15.6. The number of aromatic nitrogens is 2. The topological polar surface area (TPSA) is 80.5 Å². The number of rotatable bonds is 5. The van der Waals surface area contributed by atoms with E-state index in [4.69, 9.17) is 9.15 Å². The molecule has 0 unspecified atom stereocenters. The van der Waals surface area contributed by atoms with Crippen LogP contribution in [-0.2, 0) is 4.74 Å². The van der Waals surface area contributed by atoms with Crippen LogP contribution in [0.25, 0.3) is 11.5 Å². The van der Waals surface area contributed by atoms with Crippen LogP contribution in [0.15, 0.2) is 28.7 Å². The molecule has 0 radical (unpaired) electrons. The van der Waals surface area contributed by atoms with Crippen molar-refractivity contribution < 1.29 is 18.3 Å². The molecule has 2 heterocycles. The highest BCUT2D eigenvalue weighted by Crippen LogP contribution is 2.17. The van der Waals surface area contributed by atoms with Crippen molar-refractivity contribution >= 4 is 5.91 Å². The lowest BCUT2D eigenvalue weighted by molar-refractivity contribution is 0.0382. The molecule has 1 aromatic carbocycles. The number of amides is 1. The van der Waals surface area contributed by atoms with E-state index in [1.54, 1.807) is 0 Å². The molecule has 0 aliphatic carbocycles. The number of carbonyl (C=O) groups is 1. The van der Waals surface area contributed by atoms with E-state index in [-0.39, 0.29) is 17.6 Å². The summed E-state index contributed by atoms with van der Waals surface area (Å²) in [7, 11) is 0. The van der Waals surface area contributed by atoms with Gasteiger partial charge in [-0.05, 0) is 24.3 Å². The number of morpholine rings is 1. The lowest BCUT2D eigenvalue weighted by Crippen LogP contribution is -2.41. The number of halogens is 1. The van der Waals surface area contributed by atoms with Gasteiger partial charge in [0.25, 0.3) is 0 Å². The average molecular weight is 320 g/mol. The lowest BCUT2D eigenvalue weighted by Gasteiger charge is -2.26. The lowest BCUT2D eigenvalue weighted by atomic mass is 10.2. The standard InChI is InChI=1S/C15H17FN4O3/c16-12-3-1-11(2-4-12)14-18-19-15(23-14)13(21)17-5-6-20-7-9-22-10-8-20/h1-4H,5-10H2,(H,17,21). The third-order valence-corrected chi connectivity index (χ3v) is 3.53. The van der Waals surface area contributed by atoms with Crippen molar-refractivity contribution in [2.75, 3.05) is 39.4 Å². The van der Waals surface area contributed by atoms with Gasteiger partial charge in [-0.15, -0.1) is 10.2 Å². The molecule has 8 heteroatoms. The summed E-state index contributed by atoms with van der Waals surface area (Å²) < 4.78 is 23.5. The first-order valence-electron chi connectivity index (χ1n) is 7.40. The molecular weight excluding hydrogens is 303 g/mol. The second kappa shape index (κ2) is 7.30. The van der Waals surface area contributed by atoms with Crippen molar-refractivity contribution in [3.8, 4) is 11.5 Å². The van der Waals surface area contributed by atoms with Crippen LogP contribution in [0.1, 0.15) is 10.7 Å². The van der Waals surface area contributed by atoms with E-state index >= 15 is 0 Å². The van der Waals surface area contributed by atoms with Crippen LogP contribution in [0.5, 0.6) is 0 Å². The van der Waals surface area contributed by atoms with Crippen LogP contribution in [-0.4, -0.2) is 60.4 Å². The van der Waals surface area contributed by atoms with Crippen LogP contribution in [0.3, 0.4) is 0 Å². The van der Waals surface area contributed by atoms with Gasteiger partial charge < -0.3 is 14.5 Å². The Hall–Kier alpha value is -2.32. The number of benzene rings is 1. The van der Waals surface area contributed by atoms with Crippen LogP contribution >= 0.6 is 0 Å². The Morgan fingerprint density at radius 2 is 1.96 bits per heavy atom. The molecule has 2 aromatic rings. The highest BCUT2D eigenvalue weighted by Gasteiger charge is 2.16. The van der Waals surface area contributed by atoms with Gasteiger partial charge in [0.1, 0.15) is 5.82 Å². The fourth-order valence-corrected chi connectivity index (χ4v) is 2.25. The van der Waals surface area contributed by atoms with E-state index in [2.05, 4.69) is 20.4 Å². The molecule has 1 aromatic heterocycles. The Morgan fingerprint density at radius 1 is 1.22 bits per heavy atom. The molecule has 0 saturated carbocycles.